The van der Waals surface area contributed by atoms with Crippen LogP contribution in [0.4, 0.5) is 0 Å². The van der Waals surface area contributed by atoms with Gasteiger partial charge < -0.3 is 19.5 Å². The molecule has 0 aliphatic rings. The van der Waals surface area contributed by atoms with E-state index in [1.54, 1.807) is 12.1 Å². The van der Waals surface area contributed by atoms with Crippen molar-refractivity contribution in [3.05, 3.63) is 143 Å². The predicted molar refractivity (Wildman–Crippen MR) is 177 cm³/mol. The first-order valence-electron chi connectivity index (χ1n) is 15.0. The van der Waals surface area contributed by atoms with Gasteiger partial charge in [0, 0.05) is 23.9 Å². The Hall–Kier alpha value is -6.02. The van der Waals surface area contributed by atoms with Crippen LogP contribution in [0.1, 0.15) is 43.4 Å². The van der Waals surface area contributed by atoms with Gasteiger partial charge in [0.1, 0.15) is 22.9 Å². The Morgan fingerprint density at radius 2 is 0.978 bits per heavy atom. The fourth-order valence-corrected chi connectivity index (χ4v) is 5.45. The number of hydrogen-bond donors (Lipinski definition) is 2. The van der Waals surface area contributed by atoms with Crippen LogP contribution in [0.2, 0.25) is 0 Å². The standard InChI is InChI=1S/C38H30N4O4/c1-23-11-17-35(45-23)33-19-29(27-7-3-5-9-31(27)41-33)37(43)39-21-25-13-15-26(16-14-25)22-40-38(44)30-20-34(36-18-12-24(2)46-36)42-32-10-6-4-8-28(30)32/h3-20H,21-22H2,1-2H3,(H,39,43)(H,40,44). The topological polar surface area (TPSA) is 110 Å². The van der Waals surface area contributed by atoms with Gasteiger partial charge in [-0.15, -0.1) is 0 Å². The molecule has 0 aliphatic carbocycles. The summed E-state index contributed by atoms with van der Waals surface area (Å²) in [5.74, 6) is 2.38. The zero-order valence-corrected chi connectivity index (χ0v) is 25.3. The van der Waals surface area contributed by atoms with Crippen LogP contribution < -0.4 is 10.6 Å². The third kappa shape index (κ3) is 5.88. The fourth-order valence-electron chi connectivity index (χ4n) is 5.45. The highest BCUT2D eigenvalue weighted by Crippen LogP contribution is 2.28. The van der Waals surface area contributed by atoms with Crippen LogP contribution in [0, 0.1) is 13.8 Å². The Bertz CT molecular complexity index is 2070. The molecule has 7 rings (SSSR count). The van der Waals surface area contributed by atoms with Gasteiger partial charge in [-0.25, -0.2) is 9.97 Å². The highest BCUT2D eigenvalue weighted by Gasteiger charge is 2.17. The lowest BCUT2D eigenvalue weighted by atomic mass is 10.1. The van der Waals surface area contributed by atoms with Crippen molar-refractivity contribution in [2.24, 2.45) is 0 Å². The molecule has 8 nitrogen and oxygen atoms in total. The summed E-state index contributed by atoms with van der Waals surface area (Å²) in [5, 5.41) is 7.62. The maximum atomic E-state index is 13.4. The summed E-state index contributed by atoms with van der Waals surface area (Å²) in [6.45, 7) is 4.43. The number of amides is 2. The van der Waals surface area contributed by atoms with E-state index in [9.17, 15) is 9.59 Å². The van der Waals surface area contributed by atoms with Gasteiger partial charge in [-0.3, -0.25) is 9.59 Å². The lowest BCUT2D eigenvalue weighted by Crippen LogP contribution is -2.24. The summed E-state index contributed by atoms with van der Waals surface area (Å²) in [7, 11) is 0. The van der Waals surface area contributed by atoms with Crippen LogP contribution in [-0.2, 0) is 13.1 Å². The van der Waals surface area contributed by atoms with E-state index in [0.29, 0.717) is 47.1 Å². The largest absolute Gasteiger partial charge is 0.460 e. The molecule has 0 bridgehead atoms. The lowest BCUT2D eigenvalue weighted by Gasteiger charge is -2.11. The van der Waals surface area contributed by atoms with Gasteiger partial charge in [0.05, 0.1) is 22.2 Å². The maximum absolute atomic E-state index is 13.4. The summed E-state index contributed by atoms with van der Waals surface area (Å²) in [5.41, 5.74) is 5.58. The van der Waals surface area contributed by atoms with E-state index >= 15 is 0 Å². The van der Waals surface area contributed by atoms with Crippen LogP contribution >= 0.6 is 0 Å². The number of aryl methyl sites for hydroxylation is 2. The molecule has 8 heteroatoms. The number of benzene rings is 3. The van der Waals surface area contributed by atoms with Gasteiger partial charge in [-0.2, -0.15) is 0 Å². The number of rotatable bonds is 8. The molecule has 0 atom stereocenters. The molecule has 0 aliphatic heterocycles. The average molecular weight is 607 g/mol. The summed E-state index contributed by atoms with van der Waals surface area (Å²) >= 11 is 0. The van der Waals surface area contributed by atoms with E-state index in [2.05, 4.69) is 10.6 Å². The monoisotopic (exact) mass is 606 g/mol. The first-order chi connectivity index (χ1) is 22.4. The van der Waals surface area contributed by atoms with Crippen molar-refractivity contribution < 1.29 is 18.4 Å². The van der Waals surface area contributed by atoms with Crippen molar-refractivity contribution in [1.29, 1.82) is 0 Å². The van der Waals surface area contributed by atoms with Gasteiger partial charge in [0.2, 0.25) is 0 Å². The van der Waals surface area contributed by atoms with Gasteiger partial charge in [-0.05, 0) is 73.5 Å². The number of para-hydroxylation sites is 2. The molecule has 0 saturated carbocycles. The van der Waals surface area contributed by atoms with Crippen LogP contribution in [0.15, 0.2) is 118 Å². The van der Waals surface area contributed by atoms with Crippen molar-refractivity contribution in [2.45, 2.75) is 26.9 Å². The number of nitrogens with one attached hydrogen (secondary N) is 2. The molecule has 3 aromatic carbocycles. The molecule has 226 valence electrons. The summed E-state index contributed by atoms with van der Waals surface area (Å²) in [6, 6.07) is 33.9. The van der Waals surface area contributed by atoms with Crippen LogP contribution in [0.3, 0.4) is 0 Å². The van der Waals surface area contributed by atoms with Gasteiger partial charge >= 0.3 is 0 Å². The summed E-state index contributed by atoms with van der Waals surface area (Å²) < 4.78 is 11.5. The first-order valence-corrected chi connectivity index (χ1v) is 15.0. The lowest BCUT2D eigenvalue weighted by molar-refractivity contribution is 0.0944. The SMILES string of the molecule is Cc1ccc(-c2cc(C(=O)NCc3ccc(CNC(=O)c4cc(-c5ccc(C)o5)nc5ccccc45)cc3)c3ccccc3n2)o1. The Balaban J connectivity index is 1.03. The van der Waals surface area contributed by atoms with Crippen molar-refractivity contribution in [2.75, 3.05) is 0 Å². The van der Waals surface area contributed by atoms with Crippen molar-refractivity contribution in [3.8, 4) is 22.9 Å². The molecule has 0 fully saturated rings. The van der Waals surface area contributed by atoms with Crippen molar-refractivity contribution >= 4 is 33.6 Å². The number of fused-ring (bicyclic) bond motifs is 2. The Morgan fingerprint density at radius 1 is 0.565 bits per heavy atom. The molecule has 0 unspecified atom stereocenters. The van der Waals surface area contributed by atoms with Crippen LogP contribution in [0.5, 0.6) is 0 Å². The number of hydrogen-bond acceptors (Lipinski definition) is 6. The third-order valence-corrected chi connectivity index (χ3v) is 7.84. The molecule has 2 amide bonds. The van der Waals surface area contributed by atoms with E-state index in [4.69, 9.17) is 18.8 Å². The highest BCUT2D eigenvalue weighted by molar-refractivity contribution is 6.08. The minimum atomic E-state index is -0.201. The second-order valence-electron chi connectivity index (χ2n) is 11.1. The molecule has 4 aromatic heterocycles. The molecular formula is C38H30N4O4. The molecule has 46 heavy (non-hydrogen) atoms. The molecular weight excluding hydrogens is 576 g/mol. The van der Waals surface area contributed by atoms with E-state index < -0.39 is 0 Å². The number of carbonyl (C=O) groups is 2. The maximum Gasteiger partial charge on any atom is 0.252 e. The fraction of sp³-hybridized carbons (Fsp3) is 0.105. The van der Waals surface area contributed by atoms with Gasteiger partial charge in [0.15, 0.2) is 11.5 Å². The zero-order valence-electron chi connectivity index (χ0n) is 25.3. The van der Waals surface area contributed by atoms with E-state index in [-0.39, 0.29) is 11.8 Å². The molecule has 4 heterocycles. The average Bonchev–Trinajstić information content (AvgIpc) is 3.73. The zero-order chi connectivity index (χ0) is 31.6. The number of aromatic nitrogens is 2. The molecule has 2 N–H and O–H groups in total. The number of pyridine rings is 2. The van der Waals surface area contributed by atoms with Crippen LogP contribution in [0.25, 0.3) is 44.7 Å². The second-order valence-corrected chi connectivity index (χ2v) is 11.1. The molecule has 0 radical (unpaired) electrons. The number of nitrogens with zero attached hydrogens (tertiary/aromatic N) is 2. The molecule has 0 spiro atoms. The van der Waals surface area contributed by atoms with Gasteiger partial charge in [-0.1, -0.05) is 60.7 Å². The minimum absolute atomic E-state index is 0.201. The highest BCUT2D eigenvalue weighted by atomic mass is 16.3. The number of carbonyl (C=O) groups excluding carboxylic acids is 2. The van der Waals surface area contributed by atoms with Gasteiger partial charge in [0.25, 0.3) is 11.8 Å². The third-order valence-electron chi connectivity index (χ3n) is 7.84. The minimum Gasteiger partial charge on any atom is -0.460 e. The Morgan fingerprint density at radius 3 is 1.37 bits per heavy atom. The second kappa shape index (κ2) is 12.2. The first kappa shape index (κ1) is 28.7. The number of furan rings is 2. The van der Waals surface area contributed by atoms with Crippen LogP contribution in [-0.4, -0.2) is 21.8 Å². The van der Waals surface area contributed by atoms with E-state index in [1.165, 1.54) is 0 Å². The summed E-state index contributed by atoms with van der Waals surface area (Å²) in [4.78, 5) is 36.2. The smallest absolute Gasteiger partial charge is 0.252 e. The van der Waals surface area contributed by atoms with E-state index in [0.717, 1.165) is 44.5 Å². The van der Waals surface area contributed by atoms with Crippen molar-refractivity contribution in [1.82, 2.24) is 20.6 Å². The molecule has 7 aromatic rings. The summed E-state index contributed by atoms with van der Waals surface area (Å²) in [6.07, 6.45) is 0. The van der Waals surface area contributed by atoms with Crippen molar-refractivity contribution in [3.63, 3.8) is 0 Å². The molecule has 0 saturated heterocycles. The van der Waals surface area contributed by atoms with E-state index in [1.807, 2.05) is 111 Å². The Labute approximate surface area is 265 Å². The predicted octanol–water partition coefficient (Wildman–Crippen LogP) is 7.78. The Kier molecular flexibility index (Phi) is 7.60. The quantitative estimate of drug-likeness (QED) is 0.183. The normalized spacial score (nSPS) is 11.2.